The van der Waals surface area contributed by atoms with Crippen LogP contribution in [0.4, 0.5) is 10.5 Å². The van der Waals surface area contributed by atoms with Crippen molar-refractivity contribution < 1.29 is 23.8 Å². The molecule has 0 unspecified atom stereocenters. The number of ether oxygens (including phenoxy) is 3. The summed E-state index contributed by atoms with van der Waals surface area (Å²) in [6.07, 6.45) is -0.915. The second kappa shape index (κ2) is 7.12. The van der Waals surface area contributed by atoms with E-state index in [0.717, 1.165) is 0 Å². The number of nitrogen functional groups attached to an aromatic ring is 1. The van der Waals surface area contributed by atoms with E-state index >= 15 is 0 Å². The van der Waals surface area contributed by atoms with E-state index in [1.165, 1.54) is 18.2 Å². The highest BCUT2D eigenvalue weighted by Crippen LogP contribution is 2.24. The second-order valence-electron chi connectivity index (χ2n) is 4.24. The van der Waals surface area contributed by atoms with Gasteiger partial charge in [-0.2, -0.15) is 0 Å². The fourth-order valence-corrected chi connectivity index (χ4v) is 1.68. The summed E-state index contributed by atoms with van der Waals surface area (Å²) in [7, 11) is 0. The Labute approximate surface area is 127 Å². The van der Waals surface area contributed by atoms with Gasteiger partial charge >= 0.3 is 12.1 Å². The van der Waals surface area contributed by atoms with E-state index in [1.807, 2.05) is 0 Å². The average molecular weight is 301 g/mol. The normalized spacial score (nSPS) is 9.86. The molecular formula is C16H15NO5. The molecular weight excluding hydrogens is 286 g/mol. The van der Waals surface area contributed by atoms with E-state index in [4.69, 9.17) is 19.9 Å². The fraction of sp³-hybridized carbons (Fsp3) is 0.125. The molecule has 0 spiro atoms. The highest BCUT2D eigenvalue weighted by molar-refractivity contribution is 5.91. The van der Waals surface area contributed by atoms with Crippen LogP contribution in [0, 0.1) is 0 Å². The zero-order valence-corrected chi connectivity index (χ0v) is 11.9. The van der Waals surface area contributed by atoms with Crippen molar-refractivity contribution in [1.82, 2.24) is 0 Å². The molecule has 0 aromatic heterocycles. The summed E-state index contributed by atoms with van der Waals surface area (Å²) in [6.45, 7) is 1.97. The maximum absolute atomic E-state index is 11.7. The van der Waals surface area contributed by atoms with E-state index in [0.29, 0.717) is 5.75 Å². The summed E-state index contributed by atoms with van der Waals surface area (Å²) < 4.78 is 14.8. The lowest BCUT2D eigenvalue weighted by Gasteiger charge is -2.09. The predicted molar refractivity (Wildman–Crippen MR) is 79.9 cm³/mol. The van der Waals surface area contributed by atoms with E-state index in [-0.39, 0.29) is 23.6 Å². The summed E-state index contributed by atoms with van der Waals surface area (Å²) in [5.74, 6) is -0.0317. The molecule has 0 radical (unpaired) electrons. The van der Waals surface area contributed by atoms with Crippen LogP contribution in [-0.4, -0.2) is 18.7 Å². The molecule has 2 N–H and O–H groups in total. The molecule has 0 aliphatic carbocycles. The van der Waals surface area contributed by atoms with Crippen molar-refractivity contribution in [2.24, 2.45) is 0 Å². The summed E-state index contributed by atoms with van der Waals surface area (Å²) in [6, 6.07) is 12.7. The Bertz CT molecular complexity index is 669. The smallest absolute Gasteiger partial charge is 0.462 e. The Morgan fingerprint density at radius 3 is 2.41 bits per heavy atom. The number of anilines is 1. The topological polar surface area (TPSA) is 87.8 Å². The van der Waals surface area contributed by atoms with Crippen molar-refractivity contribution in [3.8, 4) is 11.5 Å². The number of esters is 1. The number of rotatable bonds is 4. The molecule has 0 aliphatic heterocycles. The van der Waals surface area contributed by atoms with Gasteiger partial charge in [-0.15, -0.1) is 0 Å². The molecule has 2 aromatic rings. The van der Waals surface area contributed by atoms with Crippen LogP contribution >= 0.6 is 0 Å². The Morgan fingerprint density at radius 1 is 1.05 bits per heavy atom. The molecule has 0 bridgehead atoms. The summed E-state index contributed by atoms with van der Waals surface area (Å²) >= 11 is 0. The minimum Gasteiger partial charge on any atom is -0.462 e. The first-order valence-electron chi connectivity index (χ1n) is 6.61. The number of carbonyl (C=O) groups excluding carboxylic acids is 2. The van der Waals surface area contributed by atoms with Gasteiger partial charge in [0.2, 0.25) is 0 Å². The molecule has 6 heteroatoms. The first kappa shape index (κ1) is 15.4. The standard InChI is InChI=1S/C16H15NO5/c1-2-20-15(18)11-8-9-14(13(17)10-11)22-16(19)21-12-6-4-3-5-7-12/h3-10H,2,17H2,1H3. The van der Waals surface area contributed by atoms with Crippen LogP contribution in [-0.2, 0) is 4.74 Å². The number of hydrogen-bond donors (Lipinski definition) is 1. The summed E-state index contributed by atoms with van der Waals surface area (Å²) in [5, 5.41) is 0. The van der Waals surface area contributed by atoms with Gasteiger partial charge in [0, 0.05) is 0 Å². The van der Waals surface area contributed by atoms with Crippen LogP contribution in [0.5, 0.6) is 11.5 Å². The van der Waals surface area contributed by atoms with Crippen LogP contribution in [0.3, 0.4) is 0 Å². The quantitative estimate of drug-likeness (QED) is 0.530. The minimum absolute atomic E-state index is 0.106. The number of para-hydroxylation sites is 1. The molecule has 0 atom stereocenters. The van der Waals surface area contributed by atoms with E-state index in [9.17, 15) is 9.59 Å². The lowest BCUT2D eigenvalue weighted by Crippen LogP contribution is -2.15. The SMILES string of the molecule is CCOC(=O)c1ccc(OC(=O)Oc2ccccc2)c(N)c1. The van der Waals surface area contributed by atoms with Crippen LogP contribution < -0.4 is 15.2 Å². The maximum Gasteiger partial charge on any atom is 0.519 e. The highest BCUT2D eigenvalue weighted by Gasteiger charge is 2.13. The van der Waals surface area contributed by atoms with Gasteiger partial charge in [0.15, 0.2) is 5.75 Å². The second-order valence-corrected chi connectivity index (χ2v) is 4.24. The van der Waals surface area contributed by atoms with Crippen LogP contribution in [0.15, 0.2) is 48.5 Å². The molecule has 0 saturated heterocycles. The third-order valence-corrected chi connectivity index (χ3v) is 2.66. The van der Waals surface area contributed by atoms with E-state index in [1.54, 1.807) is 37.3 Å². The fourth-order valence-electron chi connectivity index (χ4n) is 1.68. The van der Waals surface area contributed by atoms with Gasteiger partial charge in [-0.1, -0.05) is 18.2 Å². The Balaban J connectivity index is 2.04. The molecule has 2 rings (SSSR count). The van der Waals surface area contributed by atoms with Gasteiger partial charge in [-0.25, -0.2) is 9.59 Å². The van der Waals surface area contributed by atoms with Crippen LogP contribution in [0.1, 0.15) is 17.3 Å². The zero-order valence-electron chi connectivity index (χ0n) is 11.9. The molecule has 114 valence electrons. The molecule has 0 aliphatic rings. The molecule has 0 fully saturated rings. The molecule has 0 saturated carbocycles. The molecule has 6 nitrogen and oxygen atoms in total. The van der Waals surface area contributed by atoms with Crippen molar-refractivity contribution in [2.75, 3.05) is 12.3 Å². The maximum atomic E-state index is 11.7. The first-order valence-corrected chi connectivity index (χ1v) is 6.61. The van der Waals surface area contributed by atoms with E-state index < -0.39 is 12.1 Å². The van der Waals surface area contributed by atoms with Gasteiger partial charge in [0.05, 0.1) is 17.9 Å². The zero-order chi connectivity index (χ0) is 15.9. The molecule has 0 amide bonds. The molecule has 2 aromatic carbocycles. The molecule has 0 heterocycles. The Hall–Kier alpha value is -3.02. The summed E-state index contributed by atoms with van der Waals surface area (Å²) in [4.78, 5) is 23.2. The minimum atomic E-state index is -0.915. The van der Waals surface area contributed by atoms with Crippen molar-refractivity contribution >= 4 is 17.8 Å². The summed E-state index contributed by atoms with van der Waals surface area (Å²) in [5.41, 5.74) is 6.17. The third-order valence-electron chi connectivity index (χ3n) is 2.66. The lowest BCUT2D eigenvalue weighted by molar-refractivity contribution is 0.0526. The van der Waals surface area contributed by atoms with Gasteiger partial charge in [-0.05, 0) is 37.3 Å². The van der Waals surface area contributed by atoms with Crippen molar-refractivity contribution in [1.29, 1.82) is 0 Å². The number of carbonyl (C=O) groups is 2. The Morgan fingerprint density at radius 2 is 1.77 bits per heavy atom. The van der Waals surface area contributed by atoms with Gasteiger partial charge in [0.1, 0.15) is 5.75 Å². The Kier molecular flexibility index (Phi) is 4.98. The van der Waals surface area contributed by atoms with Crippen molar-refractivity contribution in [2.45, 2.75) is 6.92 Å². The molecule has 22 heavy (non-hydrogen) atoms. The predicted octanol–water partition coefficient (Wildman–Crippen LogP) is 3.02. The first-order chi connectivity index (χ1) is 10.6. The lowest BCUT2D eigenvalue weighted by atomic mass is 10.2. The van der Waals surface area contributed by atoms with Crippen molar-refractivity contribution in [3.05, 3.63) is 54.1 Å². The van der Waals surface area contributed by atoms with Gasteiger partial charge in [-0.3, -0.25) is 0 Å². The highest BCUT2D eigenvalue weighted by atomic mass is 16.7. The average Bonchev–Trinajstić information content (AvgIpc) is 2.50. The van der Waals surface area contributed by atoms with Crippen LogP contribution in [0.25, 0.3) is 0 Å². The van der Waals surface area contributed by atoms with Crippen LogP contribution in [0.2, 0.25) is 0 Å². The van der Waals surface area contributed by atoms with E-state index in [2.05, 4.69) is 0 Å². The number of benzene rings is 2. The van der Waals surface area contributed by atoms with Crippen molar-refractivity contribution in [3.63, 3.8) is 0 Å². The largest absolute Gasteiger partial charge is 0.519 e. The third kappa shape index (κ3) is 3.99. The number of nitrogens with two attached hydrogens (primary N) is 1. The van der Waals surface area contributed by atoms with Gasteiger partial charge < -0.3 is 19.9 Å². The number of hydrogen-bond acceptors (Lipinski definition) is 6. The monoisotopic (exact) mass is 301 g/mol. The van der Waals surface area contributed by atoms with Gasteiger partial charge in [0.25, 0.3) is 0 Å².